The zero-order valence-electron chi connectivity index (χ0n) is 36.2. The molecule has 0 fully saturated rings. The van der Waals surface area contributed by atoms with Gasteiger partial charge in [0, 0.05) is 12.8 Å². The molecule has 3 atom stereocenters. The van der Waals surface area contributed by atoms with Crippen molar-refractivity contribution in [2.24, 2.45) is 0 Å². The maximum Gasteiger partial charge on any atom is 0.472 e. The zero-order valence-corrected chi connectivity index (χ0v) is 37.1. The summed E-state index contributed by atoms with van der Waals surface area (Å²) in [6.07, 6.45) is 55.4. The molecule has 0 saturated carbocycles. The average molecular weight is 856 g/mol. The predicted octanol–water partition coefficient (Wildman–Crippen LogP) is 11.2. The summed E-state index contributed by atoms with van der Waals surface area (Å²) in [5.74, 6) is -2.59. The van der Waals surface area contributed by atoms with Crippen molar-refractivity contribution in [2.75, 3.05) is 19.8 Å². The van der Waals surface area contributed by atoms with E-state index in [0.717, 1.165) is 89.9 Å². The quantitative estimate of drug-likeness (QED) is 0.0203. The van der Waals surface area contributed by atoms with E-state index in [-0.39, 0.29) is 12.8 Å². The Morgan fingerprint density at radius 3 is 1.42 bits per heavy atom. The topological polar surface area (TPSA) is 169 Å². The number of phosphoric acid groups is 1. The maximum absolute atomic E-state index is 12.3. The van der Waals surface area contributed by atoms with Crippen LogP contribution >= 0.6 is 7.82 Å². The number of unbranched alkanes of at least 4 members (excludes halogenated alkanes) is 5. The second kappa shape index (κ2) is 41.6. The minimum Gasteiger partial charge on any atom is -0.480 e. The van der Waals surface area contributed by atoms with E-state index in [1.165, 1.54) is 0 Å². The van der Waals surface area contributed by atoms with Crippen LogP contribution in [-0.4, -0.2) is 64.9 Å². The third-order valence-electron chi connectivity index (χ3n) is 8.27. The molecule has 4 N–H and O–H groups in total. The lowest BCUT2D eigenvalue weighted by Crippen LogP contribution is -2.43. The summed E-state index contributed by atoms with van der Waals surface area (Å²) in [5.41, 5.74) is 0. The predicted molar refractivity (Wildman–Crippen MR) is 244 cm³/mol. The van der Waals surface area contributed by atoms with E-state index in [1.807, 2.05) is 12.2 Å². The number of aliphatic hydroxyl groups is 1. The van der Waals surface area contributed by atoms with Crippen molar-refractivity contribution < 1.29 is 47.8 Å². The maximum atomic E-state index is 12.3. The fourth-order valence-electron chi connectivity index (χ4n) is 5.00. The smallest absolute Gasteiger partial charge is 0.472 e. The van der Waals surface area contributed by atoms with Crippen molar-refractivity contribution in [3.05, 3.63) is 122 Å². The molecule has 11 nitrogen and oxygen atoms in total. The lowest BCUT2D eigenvalue weighted by Gasteiger charge is -2.18. The van der Waals surface area contributed by atoms with Gasteiger partial charge < -0.3 is 25.2 Å². The first-order chi connectivity index (χ1) is 29.1. The molecule has 0 radical (unpaired) electrons. The van der Waals surface area contributed by atoms with Gasteiger partial charge in [-0.25, -0.2) is 9.36 Å². The van der Waals surface area contributed by atoms with Crippen molar-refractivity contribution in [3.8, 4) is 0 Å². The van der Waals surface area contributed by atoms with Crippen LogP contribution in [0.5, 0.6) is 0 Å². The van der Waals surface area contributed by atoms with E-state index in [4.69, 9.17) is 13.8 Å². The van der Waals surface area contributed by atoms with Crippen molar-refractivity contribution in [2.45, 2.75) is 142 Å². The number of rotatable bonds is 38. The van der Waals surface area contributed by atoms with Crippen molar-refractivity contribution in [3.63, 3.8) is 0 Å². The molecule has 0 bridgehead atoms. The molecular weight excluding hydrogens is 781 g/mol. The summed E-state index contributed by atoms with van der Waals surface area (Å²) in [5, 5.41) is 21.7. The highest BCUT2D eigenvalue weighted by atomic mass is 31.2. The second-order valence-electron chi connectivity index (χ2n) is 13.8. The van der Waals surface area contributed by atoms with Crippen LogP contribution in [0, 0.1) is 0 Å². The molecular formula is C48H74NO10P. The minimum atomic E-state index is -4.80. The summed E-state index contributed by atoms with van der Waals surface area (Å²) >= 11 is 0. The Hall–Kier alpha value is -4.12. The SMILES string of the molecule is CC/C=C\C/C=C\C/C=C\C/C=C\C/C=C\C/C=C\C/C=C\CC(=O)NC(COP(=O)(O)OCC(O)COC(=O)CCCCCCC/C=C\C/C=C\C/C=C\CC)C(=O)O. The van der Waals surface area contributed by atoms with Crippen LogP contribution in [0.4, 0.5) is 0 Å². The fourth-order valence-corrected chi connectivity index (χ4v) is 5.77. The summed E-state index contributed by atoms with van der Waals surface area (Å²) in [6, 6.07) is -1.61. The molecule has 0 saturated heterocycles. The van der Waals surface area contributed by atoms with Gasteiger partial charge in [0.2, 0.25) is 5.91 Å². The van der Waals surface area contributed by atoms with Crippen LogP contribution in [-0.2, 0) is 32.7 Å². The number of carbonyl (C=O) groups excluding carboxylic acids is 2. The van der Waals surface area contributed by atoms with Gasteiger partial charge in [-0.1, -0.05) is 155 Å². The molecule has 0 aliphatic carbocycles. The van der Waals surface area contributed by atoms with Gasteiger partial charge in [-0.15, -0.1) is 0 Å². The van der Waals surface area contributed by atoms with Gasteiger partial charge in [0.15, 0.2) is 6.04 Å². The largest absolute Gasteiger partial charge is 0.480 e. The molecule has 0 aromatic heterocycles. The Labute approximate surface area is 360 Å². The number of hydrogen-bond acceptors (Lipinski definition) is 8. The third-order valence-corrected chi connectivity index (χ3v) is 9.23. The average Bonchev–Trinajstić information content (AvgIpc) is 3.22. The summed E-state index contributed by atoms with van der Waals surface area (Å²) < 4.78 is 26.8. The first-order valence-corrected chi connectivity index (χ1v) is 23.1. The van der Waals surface area contributed by atoms with E-state index < -0.39 is 57.6 Å². The zero-order chi connectivity index (χ0) is 44.2. The Kier molecular flexibility index (Phi) is 38.8. The van der Waals surface area contributed by atoms with Crippen LogP contribution in [0.3, 0.4) is 0 Å². The molecule has 0 rings (SSSR count). The standard InChI is InChI=1S/C48H74NO10P/c1-3-5-7-9-11-13-15-17-19-20-21-22-23-24-26-27-29-31-33-35-37-39-46(51)49-45(48(53)54)43-59-60(55,56)58-42-44(50)41-57-47(52)40-38-36-34-32-30-28-25-18-16-14-12-10-8-6-4-2/h5-8,11-14,17-19,21-22,24-26,29,31,35,37,44-45,50H,3-4,9-10,15-16,20,23,27-28,30,32-34,36,38-43H2,1-2H3,(H,49,51)(H,53,54)(H,55,56)/b7-5-,8-6-,13-11-,14-12-,19-17-,22-21-,25-18-,26-24-,31-29-,37-35-. The number of esters is 1. The highest BCUT2D eigenvalue weighted by Gasteiger charge is 2.28. The number of carbonyl (C=O) groups is 3. The second-order valence-corrected chi connectivity index (χ2v) is 15.2. The monoisotopic (exact) mass is 856 g/mol. The molecule has 3 unspecified atom stereocenters. The first kappa shape index (κ1) is 55.9. The highest BCUT2D eigenvalue weighted by Crippen LogP contribution is 2.43. The minimum absolute atomic E-state index is 0.0984. The van der Waals surface area contributed by atoms with Crippen LogP contribution in [0.1, 0.15) is 129 Å². The number of allylic oxidation sites excluding steroid dienone is 19. The molecule has 1 amide bonds. The molecule has 60 heavy (non-hydrogen) atoms. The van der Waals surface area contributed by atoms with E-state index >= 15 is 0 Å². The van der Waals surface area contributed by atoms with Gasteiger partial charge in [0.05, 0.1) is 13.2 Å². The number of aliphatic carboxylic acids is 1. The van der Waals surface area contributed by atoms with E-state index in [2.05, 4.69) is 116 Å². The van der Waals surface area contributed by atoms with Crippen molar-refractivity contribution >= 4 is 25.7 Å². The summed E-state index contributed by atoms with van der Waals surface area (Å²) in [6.45, 7) is 2.25. The number of phosphoric ester groups is 1. The lowest BCUT2D eigenvalue weighted by molar-refractivity contribution is -0.147. The Morgan fingerprint density at radius 2 is 0.950 bits per heavy atom. The Morgan fingerprint density at radius 1 is 0.550 bits per heavy atom. The third kappa shape index (κ3) is 40.7. The molecule has 0 aromatic carbocycles. The Bertz CT molecular complexity index is 1470. The van der Waals surface area contributed by atoms with E-state index in [1.54, 1.807) is 12.2 Å². The van der Waals surface area contributed by atoms with Gasteiger partial charge in [0.25, 0.3) is 0 Å². The van der Waals surface area contributed by atoms with Gasteiger partial charge in [-0.2, -0.15) is 0 Å². The fraction of sp³-hybridized carbons (Fsp3) is 0.521. The molecule has 0 spiro atoms. The highest BCUT2D eigenvalue weighted by molar-refractivity contribution is 7.47. The number of aliphatic hydroxyl groups excluding tert-OH is 1. The summed E-state index contributed by atoms with van der Waals surface area (Å²) in [4.78, 5) is 45.8. The summed E-state index contributed by atoms with van der Waals surface area (Å²) in [7, 11) is -4.80. The van der Waals surface area contributed by atoms with E-state index in [0.29, 0.717) is 12.8 Å². The number of amides is 1. The van der Waals surface area contributed by atoms with Crippen LogP contribution in [0.25, 0.3) is 0 Å². The van der Waals surface area contributed by atoms with Crippen LogP contribution in [0.15, 0.2) is 122 Å². The van der Waals surface area contributed by atoms with Gasteiger partial charge in [-0.05, 0) is 83.5 Å². The van der Waals surface area contributed by atoms with Gasteiger partial charge in [0.1, 0.15) is 12.7 Å². The van der Waals surface area contributed by atoms with Crippen LogP contribution in [0.2, 0.25) is 0 Å². The van der Waals surface area contributed by atoms with Gasteiger partial charge >= 0.3 is 19.8 Å². The molecule has 0 aliphatic rings. The number of hydrogen-bond donors (Lipinski definition) is 4. The van der Waals surface area contributed by atoms with Crippen LogP contribution < -0.4 is 5.32 Å². The molecule has 0 aromatic rings. The number of nitrogens with one attached hydrogen (secondary N) is 1. The van der Waals surface area contributed by atoms with E-state index in [9.17, 15) is 34.1 Å². The number of ether oxygens (including phenoxy) is 1. The first-order valence-electron chi connectivity index (χ1n) is 21.6. The molecule has 0 aliphatic heterocycles. The number of carboxylic acids is 1. The molecule has 12 heteroatoms. The molecule has 336 valence electrons. The number of carboxylic acid groups (broad SMARTS) is 1. The molecule has 0 heterocycles. The van der Waals surface area contributed by atoms with Crippen molar-refractivity contribution in [1.82, 2.24) is 5.32 Å². The Balaban J connectivity index is 4.10. The van der Waals surface area contributed by atoms with Gasteiger partial charge in [-0.3, -0.25) is 18.6 Å². The van der Waals surface area contributed by atoms with Crippen molar-refractivity contribution in [1.29, 1.82) is 0 Å². The normalized spacial score (nSPS) is 14.9. The lowest BCUT2D eigenvalue weighted by atomic mass is 10.1.